The van der Waals surface area contributed by atoms with Crippen LogP contribution in [0.15, 0.2) is 0 Å². The second-order valence-electron chi connectivity index (χ2n) is 6.31. The smallest absolute Gasteiger partial charge is 0.190 e. The maximum absolute atomic E-state index is 9.88. The van der Waals surface area contributed by atoms with E-state index in [9.17, 15) is 5.11 Å². The van der Waals surface area contributed by atoms with Gasteiger partial charge in [-0.2, -0.15) is 0 Å². The summed E-state index contributed by atoms with van der Waals surface area (Å²) in [5.41, 5.74) is 0. The third-order valence-corrected chi connectivity index (χ3v) is 3.65. The third-order valence-electron chi connectivity index (χ3n) is 3.65. The average molecular weight is 305 g/mol. The van der Waals surface area contributed by atoms with Gasteiger partial charge in [-0.1, -0.05) is 0 Å². The van der Waals surface area contributed by atoms with Crippen molar-refractivity contribution in [3.63, 3.8) is 0 Å². The molecule has 2 heterocycles. The molecule has 0 aliphatic carbocycles. The van der Waals surface area contributed by atoms with Gasteiger partial charge in [-0.3, -0.25) is 0 Å². The summed E-state index contributed by atoms with van der Waals surface area (Å²) in [6.07, 6.45) is -2.17. The molecule has 2 aliphatic rings. The predicted octanol–water partition coefficient (Wildman–Crippen LogP) is -0.447. The van der Waals surface area contributed by atoms with Crippen LogP contribution in [0.25, 0.3) is 0 Å². The molecular weight excluding hydrogens is 278 g/mol. The Morgan fingerprint density at radius 3 is 2.62 bits per heavy atom. The number of aliphatic hydroxyl groups is 2. The number of fused-ring (bicyclic) bond motifs is 1. The highest BCUT2D eigenvalue weighted by Crippen LogP contribution is 2.39. The lowest BCUT2D eigenvalue weighted by Crippen LogP contribution is -2.44. The van der Waals surface area contributed by atoms with Crippen molar-refractivity contribution >= 4 is 0 Å². The number of hydrogen-bond acceptors (Lipinski definition) is 7. The maximum Gasteiger partial charge on any atom is 0.190 e. The van der Waals surface area contributed by atoms with Crippen LogP contribution in [0, 0.1) is 0 Å². The van der Waals surface area contributed by atoms with E-state index in [1.807, 2.05) is 27.9 Å². The van der Waals surface area contributed by atoms with E-state index in [-0.39, 0.29) is 12.7 Å². The Balaban J connectivity index is 1.94. The Labute approximate surface area is 125 Å². The molecule has 2 fully saturated rings. The fourth-order valence-electron chi connectivity index (χ4n) is 2.71. The lowest BCUT2D eigenvalue weighted by Gasteiger charge is -2.28. The van der Waals surface area contributed by atoms with Crippen LogP contribution in [-0.2, 0) is 18.9 Å². The molecule has 0 aromatic heterocycles. The summed E-state index contributed by atoms with van der Waals surface area (Å²) in [5.74, 6) is -0.726. The van der Waals surface area contributed by atoms with E-state index in [1.165, 1.54) is 0 Å². The van der Waals surface area contributed by atoms with Crippen LogP contribution in [0.5, 0.6) is 0 Å². The van der Waals surface area contributed by atoms with Crippen molar-refractivity contribution in [3.8, 4) is 0 Å². The molecule has 0 aromatic rings. The van der Waals surface area contributed by atoms with E-state index < -0.39 is 30.4 Å². The highest BCUT2D eigenvalue weighted by Gasteiger charge is 2.56. The largest absolute Gasteiger partial charge is 0.394 e. The average Bonchev–Trinajstić information content (AvgIpc) is 2.86. The van der Waals surface area contributed by atoms with E-state index in [0.717, 1.165) is 13.0 Å². The zero-order valence-electron chi connectivity index (χ0n) is 13.2. The van der Waals surface area contributed by atoms with Gasteiger partial charge in [-0.05, 0) is 40.9 Å². The third kappa shape index (κ3) is 4.13. The van der Waals surface area contributed by atoms with Crippen molar-refractivity contribution in [1.29, 1.82) is 0 Å². The molecule has 0 unspecified atom stereocenters. The summed E-state index contributed by atoms with van der Waals surface area (Å²) < 4.78 is 23.0. The standard InChI is InChI=1S/C14H27NO6/c1-14(2)20-12-11(18-7-5-6-15(3)4)10(9(17)8-16)19-13(12)21-14/h9-13,16-17H,5-8H2,1-4H3/t9-,10-,11+,12-,13-/m1/s1. The normalized spacial score (nSPS) is 36.1. The molecule has 5 atom stereocenters. The number of nitrogens with zero attached hydrogens (tertiary/aromatic N) is 1. The first-order chi connectivity index (χ1) is 9.84. The number of hydrogen-bond donors (Lipinski definition) is 2. The monoisotopic (exact) mass is 305 g/mol. The van der Waals surface area contributed by atoms with Gasteiger partial charge in [0.15, 0.2) is 12.1 Å². The van der Waals surface area contributed by atoms with Crippen LogP contribution < -0.4 is 0 Å². The maximum atomic E-state index is 9.88. The van der Waals surface area contributed by atoms with Crippen LogP contribution in [0.3, 0.4) is 0 Å². The molecule has 0 bridgehead atoms. The molecule has 2 saturated heterocycles. The molecule has 124 valence electrons. The van der Waals surface area contributed by atoms with Crippen molar-refractivity contribution in [1.82, 2.24) is 4.90 Å². The Morgan fingerprint density at radius 2 is 2.00 bits per heavy atom. The molecule has 21 heavy (non-hydrogen) atoms. The Kier molecular flexibility index (Phi) is 5.59. The Bertz CT molecular complexity index is 337. The topological polar surface area (TPSA) is 80.6 Å². The minimum atomic E-state index is -1.01. The molecule has 0 saturated carbocycles. The summed E-state index contributed by atoms with van der Waals surface area (Å²) in [4.78, 5) is 2.08. The Morgan fingerprint density at radius 1 is 1.29 bits per heavy atom. The van der Waals surface area contributed by atoms with Crippen LogP contribution in [0.1, 0.15) is 20.3 Å². The second kappa shape index (κ2) is 6.87. The molecule has 0 aromatic carbocycles. The van der Waals surface area contributed by atoms with Crippen molar-refractivity contribution < 1.29 is 29.2 Å². The van der Waals surface area contributed by atoms with Crippen LogP contribution in [0.4, 0.5) is 0 Å². The lowest BCUT2D eigenvalue weighted by molar-refractivity contribution is -0.231. The number of ether oxygens (including phenoxy) is 4. The van der Waals surface area contributed by atoms with Gasteiger partial charge >= 0.3 is 0 Å². The highest BCUT2D eigenvalue weighted by molar-refractivity contribution is 4.96. The molecule has 0 amide bonds. The molecule has 2 N–H and O–H groups in total. The van der Waals surface area contributed by atoms with Gasteiger partial charge in [0.25, 0.3) is 0 Å². The van der Waals surface area contributed by atoms with Crippen LogP contribution in [0.2, 0.25) is 0 Å². The highest BCUT2D eigenvalue weighted by atomic mass is 16.8. The number of rotatable bonds is 7. The summed E-state index contributed by atoms with van der Waals surface area (Å²) in [6, 6.07) is 0. The van der Waals surface area contributed by atoms with E-state index >= 15 is 0 Å². The zero-order valence-corrected chi connectivity index (χ0v) is 13.2. The summed E-state index contributed by atoms with van der Waals surface area (Å²) in [6.45, 7) is 4.70. The van der Waals surface area contributed by atoms with Gasteiger partial charge in [0, 0.05) is 6.61 Å². The SMILES string of the molecule is CN(C)CCCO[C@@H]1[C@H]2OC(C)(C)O[C@H]2O[C@@H]1[C@H](O)CO. The number of aliphatic hydroxyl groups excluding tert-OH is 2. The van der Waals surface area contributed by atoms with E-state index in [0.29, 0.717) is 6.61 Å². The summed E-state index contributed by atoms with van der Waals surface area (Å²) >= 11 is 0. The minimum absolute atomic E-state index is 0.384. The van der Waals surface area contributed by atoms with Gasteiger partial charge in [-0.25, -0.2) is 0 Å². The summed E-state index contributed by atoms with van der Waals surface area (Å²) in [5, 5.41) is 19.0. The molecule has 2 rings (SSSR count). The fraction of sp³-hybridized carbons (Fsp3) is 1.00. The van der Waals surface area contributed by atoms with Crippen molar-refractivity contribution in [3.05, 3.63) is 0 Å². The fourth-order valence-corrected chi connectivity index (χ4v) is 2.71. The van der Waals surface area contributed by atoms with Crippen LogP contribution in [-0.4, -0.2) is 85.5 Å². The first-order valence-corrected chi connectivity index (χ1v) is 7.40. The van der Waals surface area contributed by atoms with Crippen molar-refractivity contribution in [2.45, 2.75) is 56.8 Å². The van der Waals surface area contributed by atoms with E-state index in [1.54, 1.807) is 0 Å². The van der Waals surface area contributed by atoms with Gasteiger partial charge < -0.3 is 34.1 Å². The molecule has 7 heteroatoms. The lowest BCUT2D eigenvalue weighted by atomic mass is 10.1. The Hall–Kier alpha value is -0.280. The first kappa shape index (κ1) is 17.1. The molecule has 7 nitrogen and oxygen atoms in total. The molecule has 0 spiro atoms. The van der Waals surface area contributed by atoms with Crippen molar-refractivity contribution in [2.24, 2.45) is 0 Å². The summed E-state index contributed by atoms with van der Waals surface area (Å²) in [7, 11) is 4.01. The van der Waals surface area contributed by atoms with Crippen LogP contribution >= 0.6 is 0 Å². The quantitative estimate of drug-likeness (QED) is 0.617. The van der Waals surface area contributed by atoms with Gasteiger partial charge in [0.2, 0.25) is 0 Å². The van der Waals surface area contributed by atoms with Crippen molar-refractivity contribution in [2.75, 3.05) is 33.9 Å². The zero-order chi connectivity index (χ0) is 15.6. The first-order valence-electron chi connectivity index (χ1n) is 7.40. The molecule has 0 radical (unpaired) electrons. The molecular formula is C14H27NO6. The van der Waals surface area contributed by atoms with Gasteiger partial charge in [0.05, 0.1) is 6.61 Å². The second-order valence-corrected chi connectivity index (χ2v) is 6.31. The van der Waals surface area contributed by atoms with E-state index in [4.69, 9.17) is 24.1 Å². The van der Waals surface area contributed by atoms with Gasteiger partial charge in [-0.15, -0.1) is 0 Å². The molecule has 2 aliphatic heterocycles. The van der Waals surface area contributed by atoms with E-state index in [2.05, 4.69) is 4.90 Å². The minimum Gasteiger partial charge on any atom is -0.394 e. The van der Waals surface area contributed by atoms with Gasteiger partial charge in [0.1, 0.15) is 24.4 Å². The predicted molar refractivity (Wildman–Crippen MR) is 74.7 cm³/mol.